The molecule has 2 aliphatic rings. The summed E-state index contributed by atoms with van der Waals surface area (Å²) in [5.41, 5.74) is 3.62. The van der Waals surface area contributed by atoms with E-state index in [-0.39, 0.29) is 17.7 Å². The van der Waals surface area contributed by atoms with Crippen molar-refractivity contribution in [2.24, 2.45) is 11.8 Å². The molecule has 3 rings (SSSR count). The van der Waals surface area contributed by atoms with Gasteiger partial charge in [-0.2, -0.15) is 0 Å². The second-order valence-electron chi connectivity index (χ2n) is 8.08. The standard InChI is InChI=1S/C20H32N2O3S/c1-15(2)19(14-26(23,24)18-9-5-4-6-10-18)21-22-17(13-25-3)12-16-8-7-11-20(16)22/h4-6,9-10,15-17,19-21H,7-8,11-14H2,1-3H3/t16-,17-,19-,20-/m1/s1. The van der Waals surface area contributed by atoms with E-state index in [4.69, 9.17) is 4.74 Å². The van der Waals surface area contributed by atoms with Crippen molar-refractivity contribution in [2.75, 3.05) is 19.5 Å². The zero-order valence-corrected chi connectivity index (χ0v) is 16.9. The predicted molar refractivity (Wildman–Crippen MR) is 104 cm³/mol. The van der Waals surface area contributed by atoms with E-state index >= 15 is 0 Å². The molecule has 0 unspecified atom stereocenters. The van der Waals surface area contributed by atoms with E-state index in [2.05, 4.69) is 24.3 Å². The maximum atomic E-state index is 12.9. The highest BCUT2D eigenvalue weighted by Crippen LogP contribution is 2.40. The van der Waals surface area contributed by atoms with Gasteiger partial charge in [0.1, 0.15) is 0 Å². The molecule has 1 aromatic rings. The highest BCUT2D eigenvalue weighted by atomic mass is 32.2. The topological polar surface area (TPSA) is 58.6 Å². The molecule has 2 fully saturated rings. The second-order valence-corrected chi connectivity index (χ2v) is 10.1. The number of hydrazine groups is 1. The van der Waals surface area contributed by atoms with Crippen LogP contribution in [0.2, 0.25) is 0 Å². The molecule has 0 amide bonds. The summed E-state index contributed by atoms with van der Waals surface area (Å²) in [6, 6.07) is 9.50. The summed E-state index contributed by atoms with van der Waals surface area (Å²) >= 11 is 0. The lowest BCUT2D eigenvalue weighted by molar-refractivity contribution is 0.0387. The van der Waals surface area contributed by atoms with Crippen molar-refractivity contribution in [3.63, 3.8) is 0 Å². The summed E-state index contributed by atoms with van der Waals surface area (Å²) in [6.07, 6.45) is 4.87. The van der Waals surface area contributed by atoms with Crippen LogP contribution in [0.3, 0.4) is 0 Å². The van der Waals surface area contributed by atoms with Gasteiger partial charge in [0.25, 0.3) is 0 Å². The monoisotopic (exact) mass is 380 g/mol. The number of hydrogen-bond donors (Lipinski definition) is 1. The summed E-state index contributed by atoms with van der Waals surface area (Å²) in [4.78, 5) is 0.404. The van der Waals surface area contributed by atoms with Crippen LogP contribution in [-0.4, -0.2) is 51.0 Å². The molecule has 26 heavy (non-hydrogen) atoms. The first-order valence-corrected chi connectivity index (χ1v) is 11.4. The van der Waals surface area contributed by atoms with Crippen molar-refractivity contribution in [3.8, 4) is 0 Å². The van der Waals surface area contributed by atoms with Crippen LogP contribution < -0.4 is 5.43 Å². The smallest absolute Gasteiger partial charge is 0.179 e. The van der Waals surface area contributed by atoms with Crippen LogP contribution in [0.4, 0.5) is 0 Å². The first-order chi connectivity index (χ1) is 12.4. The van der Waals surface area contributed by atoms with Gasteiger partial charge in [0.15, 0.2) is 9.84 Å². The van der Waals surface area contributed by atoms with Crippen molar-refractivity contribution in [2.45, 2.75) is 62.6 Å². The first kappa shape index (κ1) is 19.8. The van der Waals surface area contributed by atoms with Crippen LogP contribution in [0.5, 0.6) is 0 Å². The molecule has 1 saturated carbocycles. The average Bonchev–Trinajstić information content (AvgIpc) is 3.18. The number of nitrogens with zero attached hydrogens (tertiary/aromatic N) is 1. The van der Waals surface area contributed by atoms with Gasteiger partial charge in [0, 0.05) is 25.2 Å². The number of sulfone groups is 1. The molecule has 0 radical (unpaired) electrons. The van der Waals surface area contributed by atoms with E-state index in [1.807, 2.05) is 6.07 Å². The molecule has 146 valence electrons. The van der Waals surface area contributed by atoms with Crippen molar-refractivity contribution in [3.05, 3.63) is 30.3 Å². The summed E-state index contributed by atoms with van der Waals surface area (Å²) in [6.45, 7) is 4.87. The number of benzene rings is 1. The van der Waals surface area contributed by atoms with Crippen LogP contribution in [0.25, 0.3) is 0 Å². The van der Waals surface area contributed by atoms with Crippen molar-refractivity contribution in [1.29, 1.82) is 0 Å². The lowest BCUT2D eigenvalue weighted by Gasteiger charge is -2.35. The maximum Gasteiger partial charge on any atom is 0.179 e. The fraction of sp³-hybridized carbons (Fsp3) is 0.700. The molecule has 5 nitrogen and oxygen atoms in total. The SMILES string of the molecule is COC[C@H]1C[C@H]2CCC[C@H]2N1N[C@H](CS(=O)(=O)c1ccccc1)C(C)C. The molecule has 1 heterocycles. The minimum Gasteiger partial charge on any atom is -0.383 e. The normalized spacial score (nSPS) is 27.8. The van der Waals surface area contributed by atoms with Crippen molar-refractivity contribution in [1.82, 2.24) is 10.4 Å². The van der Waals surface area contributed by atoms with Crippen LogP contribution in [-0.2, 0) is 14.6 Å². The van der Waals surface area contributed by atoms with Crippen LogP contribution >= 0.6 is 0 Å². The average molecular weight is 381 g/mol. The second kappa shape index (κ2) is 8.38. The fourth-order valence-electron chi connectivity index (χ4n) is 4.46. The molecule has 1 saturated heterocycles. The van der Waals surface area contributed by atoms with Gasteiger partial charge >= 0.3 is 0 Å². The highest BCUT2D eigenvalue weighted by Gasteiger charge is 2.44. The van der Waals surface area contributed by atoms with E-state index in [1.54, 1.807) is 31.4 Å². The Bertz CT molecular complexity index is 678. The van der Waals surface area contributed by atoms with Gasteiger partial charge in [-0.25, -0.2) is 13.4 Å². The molecule has 1 aliphatic heterocycles. The molecule has 6 heteroatoms. The number of nitrogens with one attached hydrogen (secondary N) is 1. The maximum absolute atomic E-state index is 12.9. The zero-order chi connectivity index (χ0) is 18.7. The third-order valence-electron chi connectivity index (χ3n) is 5.92. The minimum atomic E-state index is -3.32. The minimum absolute atomic E-state index is 0.112. The Labute approximate surface area is 158 Å². The summed E-state index contributed by atoms with van der Waals surface area (Å²) in [7, 11) is -1.58. The van der Waals surface area contributed by atoms with Gasteiger partial charge in [-0.15, -0.1) is 0 Å². The van der Waals surface area contributed by atoms with Gasteiger partial charge in [0.05, 0.1) is 17.3 Å². The van der Waals surface area contributed by atoms with Crippen molar-refractivity contribution >= 4 is 9.84 Å². The van der Waals surface area contributed by atoms with Crippen LogP contribution in [0.1, 0.15) is 39.5 Å². The molecule has 0 spiro atoms. The van der Waals surface area contributed by atoms with E-state index in [0.29, 0.717) is 29.5 Å². The molecule has 1 N–H and O–H groups in total. The van der Waals surface area contributed by atoms with Gasteiger partial charge in [-0.3, -0.25) is 5.43 Å². The number of ether oxygens (including phenoxy) is 1. The Morgan fingerprint density at radius 2 is 1.96 bits per heavy atom. The molecular formula is C20H32N2O3S. The zero-order valence-electron chi connectivity index (χ0n) is 16.1. The first-order valence-electron chi connectivity index (χ1n) is 9.73. The number of rotatable bonds is 8. The largest absolute Gasteiger partial charge is 0.383 e. The van der Waals surface area contributed by atoms with Crippen molar-refractivity contribution < 1.29 is 13.2 Å². The third-order valence-corrected chi connectivity index (χ3v) is 7.71. The summed E-state index contributed by atoms with van der Waals surface area (Å²) < 4.78 is 31.2. The summed E-state index contributed by atoms with van der Waals surface area (Å²) in [5, 5.41) is 2.34. The third kappa shape index (κ3) is 4.30. The molecule has 4 atom stereocenters. The molecule has 1 aromatic carbocycles. The Morgan fingerprint density at radius 3 is 2.62 bits per heavy atom. The predicted octanol–water partition coefficient (Wildman–Crippen LogP) is 2.88. The lowest BCUT2D eigenvalue weighted by Crippen LogP contribution is -2.55. The van der Waals surface area contributed by atoms with Gasteiger partial charge in [0.2, 0.25) is 0 Å². The van der Waals surface area contributed by atoms with Crippen LogP contribution in [0, 0.1) is 11.8 Å². The van der Waals surface area contributed by atoms with E-state index in [0.717, 1.165) is 6.42 Å². The Balaban J connectivity index is 1.75. The number of methoxy groups -OCH3 is 1. The Kier molecular flexibility index (Phi) is 6.38. The Hall–Kier alpha value is -0.950. The fourth-order valence-corrected chi connectivity index (χ4v) is 6.16. The van der Waals surface area contributed by atoms with E-state index in [9.17, 15) is 8.42 Å². The van der Waals surface area contributed by atoms with E-state index in [1.165, 1.54) is 19.3 Å². The quantitative estimate of drug-likeness (QED) is 0.751. The number of fused-ring (bicyclic) bond motifs is 1. The molecule has 1 aliphatic carbocycles. The number of hydrogen-bond acceptors (Lipinski definition) is 5. The van der Waals surface area contributed by atoms with Gasteiger partial charge < -0.3 is 4.74 Å². The molecule has 0 bridgehead atoms. The van der Waals surface area contributed by atoms with Crippen LogP contribution in [0.15, 0.2) is 35.2 Å². The Morgan fingerprint density at radius 1 is 1.23 bits per heavy atom. The molecular weight excluding hydrogens is 348 g/mol. The molecule has 0 aromatic heterocycles. The summed E-state index contributed by atoms with van der Waals surface area (Å²) in [5.74, 6) is 1.04. The van der Waals surface area contributed by atoms with E-state index < -0.39 is 9.84 Å². The lowest BCUT2D eigenvalue weighted by atomic mass is 10.0. The van der Waals surface area contributed by atoms with Gasteiger partial charge in [-0.1, -0.05) is 38.5 Å². The highest BCUT2D eigenvalue weighted by molar-refractivity contribution is 7.91. The van der Waals surface area contributed by atoms with Gasteiger partial charge in [-0.05, 0) is 43.2 Å².